The normalized spacial score (nSPS) is 21.8. The van der Waals surface area contributed by atoms with Gasteiger partial charge < -0.3 is 4.74 Å². The lowest BCUT2D eigenvalue weighted by Gasteiger charge is -2.30. The van der Waals surface area contributed by atoms with Gasteiger partial charge in [-0.3, -0.25) is 9.48 Å². The van der Waals surface area contributed by atoms with E-state index in [0.29, 0.717) is 11.6 Å². The molecule has 0 radical (unpaired) electrons. The molecule has 2 aromatic rings. The molecule has 156 valence electrons. The molecule has 0 spiro atoms. The third kappa shape index (κ3) is 4.33. The fourth-order valence-electron chi connectivity index (χ4n) is 4.65. The third-order valence-electron chi connectivity index (χ3n) is 6.18. The molecule has 1 aromatic heterocycles. The maximum Gasteiger partial charge on any atom is 0.419 e. The van der Waals surface area contributed by atoms with E-state index in [-0.39, 0.29) is 11.9 Å². The van der Waals surface area contributed by atoms with Crippen molar-refractivity contribution in [1.82, 2.24) is 9.78 Å². The number of hydrogen-bond acceptors (Lipinski definition) is 3. The van der Waals surface area contributed by atoms with E-state index >= 15 is 0 Å². The predicted molar refractivity (Wildman–Crippen MR) is 102 cm³/mol. The van der Waals surface area contributed by atoms with E-state index in [2.05, 4.69) is 5.10 Å². The molecule has 1 saturated carbocycles. The van der Waals surface area contributed by atoms with Gasteiger partial charge in [0.25, 0.3) is 0 Å². The number of para-hydroxylation sites is 1. The van der Waals surface area contributed by atoms with Gasteiger partial charge in [0.1, 0.15) is 11.4 Å². The van der Waals surface area contributed by atoms with Gasteiger partial charge in [-0.25, -0.2) is 0 Å². The number of hydrogen-bond donors (Lipinski definition) is 0. The number of nitrogens with zero attached hydrogens (tertiary/aromatic N) is 2. The Morgan fingerprint density at radius 1 is 1.14 bits per heavy atom. The van der Waals surface area contributed by atoms with Crippen LogP contribution in [0.15, 0.2) is 24.3 Å². The quantitative estimate of drug-likeness (QED) is 0.617. The molecule has 0 aliphatic heterocycles. The van der Waals surface area contributed by atoms with Crippen molar-refractivity contribution in [3.63, 3.8) is 0 Å². The van der Waals surface area contributed by atoms with Crippen LogP contribution < -0.4 is 4.74 Å². The highest BCUT2D eigenvalue weighted by Crippen LogP contribution is 2.38. The van der Waals surface area contributed by atoms with Crippen LogP contribution in [0.25, 0.3) is 0 Å². The molecule has 4 nitrogen and oxygen atoms in total. The standard InChI is InChI=1S/C22H25F3N2O2/c23-22(24,25)18-5-1-2-7-21(18)29-16-10-8-15(9-11-16)12-13-27-20-6-3-4-17(20)19(14-28)26-27/h1-2,5,7,14-16H,3-4,6,8-13H2. The van der Waals surface area contributed by atoms with Gasteiger partial charge >= 0.3 is 6.18 Å². The lowest BCUT2D eigenvalue weighted by atomic mass is 9.85. The number of aromatic nitrogens is 2. The number of aryl methyl sites for hydroxylation is 1. The first-order valence-electron chi connectivity index (χ1n) is 10.3. The zero-order valence-corrected chi connectivity index (χ0v) is 16.3. The molecule has 1 aromatic carbocycles. The molecule has 0 atom stereocenters. The molecule has 1 heterocycles. The number of carbonyl (C=O) groups excluding carboxylic acids is 1. The van der Waals surface area contributed by atoms with Crippen LogP contribution in [-0.4, -0.2) is 22.2 Å². The van der Waals surface area contributed by atoms with E-state index in [1.54, 1.807) is 6.07 Å². The van der Waals surface area contributed by atoms with Crippen molar-refractivity contribution in [3.8, 4) is 5.75 Å². The number of alkyl halides is 3. The first-order valence-corrected chi connectivity index (χ1v) is 10.3. The second-order valence-corrected chi connectivity index (χ2v) is 8.05. The Balaban J connectivity index is 1.30. The van der Waals surface area contributed by atoms with Crippen LogP contribution in [0.2, 0.25) is 0 Å². The number of ether oxygens (including phenoxy) is 1. The lowest BCUT2D eigenvalue weighted by molar-refractivity contribution is -0.139. The summed E-state index contributed by atoms with van der Waals surface area (Å²) in [4.78, 5) is 11.2. The maximum absolute atomic E-state index is 13.1. The zero-order valence-electron chi connectivity index (χ0n) is 16.3. The highest BCUT2D eigenvalue weighted by molar-refractivity contribution is 5.75. The summed E-state index contributed by atoms with van der Waals surface area (Å²) in [6, 6.07) is 5.43. The van der Waals surface area contributed by atoms with E-state index in [1.807, 2.05) is 4.68 Å². The topological polar surface area (TPSA) is 44.1 Å². The summed E-state index contributed by atoms with van der Waals surface area (Å²) in [5, 5.41) is 4.46. The second-order valence-electron chi connectivity index (χ2n) is 8.05. The highest BCUT2D eigenvalue weighted by atomic mass is 19.4. The monoisotopic (exact) mass is 406 g/mol. The fraction of sp³-hybridized carbons (Fsp3) is 0.545. The summed E-state index contributed by atoms with van der Waals surface area (Å²) in [6.07, 6.45) is 3.62. The van der Waals surface area contributed by atoms with Crippen LogP contribution in [0.4, 0.5) is 13.2 Å². The van der Waals surface area contributed by atoms with Gasteiger partial charge in [0.05, 0.1) is 11.7 Å². The van der Waals surface area contributed by atoms with Crippen LogP contribution in [0.1, 0.15) is 65.8 Å². The Morgan fingerprint density at radius 2 is 1.90 bits per heavy atom. The Morgan fingerprint density at radius 3 is 2.62 bits per heavy atom. The Kier molecular flexibility index (Phi) is 5.65. The summed E-state index contributed by atoms with van der Waals surface area (Å²) in [7, 11) is 0. The van der Waals surface area contributed by atoms with Crippen LogP contribution >= 0.6 is 0 Å². The van der Waals surface area contributed by atoms with Crippen LogP contribution in [-0.2, 0) is 25.6 Å². The van der Waals surface area contributed by atoms with E-state index in [4.69, 9.17) is 4.74 Å². The van der Waals surface area contributed by atoms with Crippen LogP contribution in [0.5, 0.6) is 5.75 Å². The van der Waals surface area contributed by atoms with Crippen molar-refractivity contribution in [2.75, 3.05) is 0 Å². The minimum Gasteiger partial charge on any atom is -0.490 e. The molecule has 0 bridgehead atoms. The molecular formula is C22H25F3N2O2. The van der Waals surface area contributed by atoms with E-state index < -0.39 is 11.7 Å². The average molecular weight is 406 g/mol. The maximum atomic E-state index is 13.1. The van der Waals surface area contributed by atoms with E-state index in [1.165, 1.54) is 17.8 Å². The van der Waals surface area contributed by atoms with Crippen molar-refractivity contribution >= 4 is 6.29 Å². The molecule has 0 saturated heterocycles. The van der Waals surface area contributed by atoms with E-state index in [9.17, 15) is 18.0 Å². The summed E-state index contributed by atoms with van der Waals surface area (Å²) >= 11 is 0. The van der Waals surface area contributed by atoms with Crippen molar-refractivity contribution < 1.29 is 22.7 Å². The number of fused-ring (bicyclic) bond motifs is 1. The van der Waals surface area contributed by atoms with Gasteiger partial charge in [-0.2, -0.15) is 18.3 Å². The Bertz CT molecular complexity index is 867. The molecule has 0 unspecified atom stereocenters. The fourth-order valence-corrected chi connectivity index (χ4v) is 4.65. The minimum atomic E-state index is -4.40. The molecule has 4 rings (SSSR count). The van der Waals surface area contributed by atoms with Gasteiger partial charge in [0.15, 0.2) is 6.29 Å². The number of rotatable bonds is 6. The second kappa shape index (κ2) is 8.20. The van der Waals surface area contributed by atoms with Crippen LogP contribution in [0.3, 0.4) is 0 Å². The molecule has 2 aliphatic carbocycles. The average Bonchev–Trinajstić information content (AvgIpc) is 3.30. The first-order chi connectivity index (χ1) is 14.0. The number of carbonyl (C=O) groups is 1. The molecule has 0 amide bonds. The van der Waals surface area contributed by atoms with Gasteiger partial charge in [-0.1, -0.05) is 12.1 Å². The number of aldehydes is 1. The van der Waals surface area contributed by atoms with Crippen molar-refractivity contribution in [2.45, 2.75) is 70.2 Å². The number of halogens is 3. The smallest absolute Gasteiger partial charge is 0.419 e. The third-order valence-corrected chi connectivity index (χ3v) is 6.18. The molecule has 1 fully saturated rings. The first kappa shape index (κ1) is 20.0. The predicted octanol–water partition coefficient (Wildman–Crippen LogP) is 5.23. The molecule has 7 heteroatoms. The zero-order chi connectivity index (χ0) is 20.4. The molecule has 29 heavy (non-hydrogen) atoms. The summed E-state index contributed by atoms with van der Waals surface area (Å²) in [5.41, 5.74) is 2.19. The summed E-state index contributed by atoms with van der Waals surface area (Å²) in [5.74, 6) is 0.436. The van der Waals surface area contributed by atoms with Crippen molar-refractivity contribution in [2.24, 2.45) is 5.92 Å². The van der Waals surface area contributed by atoms with Crippen LogP contribution in [0, 0.1) is 5.92 Å². The Hall–Kier alpha value is -2.31. The van der Waals surface area contributed by atoms with Crippen molar-refractivity contribution in [1.29, 1.82) is 0 Å². The Labute approximate surface area is 168 Å². The van der Waals surface area contributed by atoms with Gasteiger partial charge in [-0.05, 0) is 69.4 Å². The van der Waals surface area contributed by atoms with Crippen molar-refractivity contribution in [3.05, 3.63) is 46.8 Å². The van der Waals surface area contributed by atoms with Gasteiger partial charge in [0, 0.05) is 17.8 Å². The molecule has 0 N–H and O–H groups in total. The molecular weight excluding hydrogens is 381 g/mol. The highest BCUT2D eigenvalue weighted by Gasteiger charge is 2.35. The summed E-state index contributed by atoms with van der Waals surface area (Å²) < 4.78 is 47.1. The minimum absolute atomic E-state index is 0.0723. The molecule has 2 aliphatic rings. The summed E-state index contributed by atoms with van der Waals surface area (Å²) in [6.45, 7) is 0.795. The van der Waals surface area contributed by atoms with Gasteiger partial charge in [0.2, 0.25) is 0 Å². The van der Waals surface area contributed by atoms with Gasteiger partial charge in [-0.15, -0.1) is 0 Å². The largest absolute Gasteiger partial charge is 0.490 e. The SMILES string of the molecule is O=Cc1nn(CCC2CCC(Oc3ccccc3C(F)(F)F)CC2)c2c1CCC2. The van der Waals surface area contributed by atoms with E-state index in [0.717, 1.165) is 75.8 Å². The number of benzene rings is 1. The lowest BCUT2D eigenvalue weighted by Crippen LogP contribution is -2.26.